The molecule has 10 aliphatic rings. The second-order valence-electron chi connectivity index (χ2n) is 30.6. The number of anilines is 2. The summed E-state index contributed by atoms with van der Waals surface area (Å²) in [7, 11) is 0. The van der Waals surface area contributed by atoms with Crippen molar-refractivity contribution < 1.29 is 23.7 Å². The quantitative estimate of drug-likeness (QED) is 0.149. The Bertz CT molecular complexity index is 4570. The monoisotopic (exact) mass is 1330 g/mol. The number of fused-ring (bicyclic) bond motifs is 12. The number of para-hydroxylation sites is 3. The molecule has 0 unspecified atom stereocenters. The van der Waals surface area contributed by atoms with Crippen LogP contribution in [0.5, 0.6) is 0 Å². The van der Waals surface area contributed by atoms with Crippen molar-refractivity contribution in [2.75, 3.05) is 62.4 Å². The Kier molecular flexibility index (Phi) is 16.3. The third kappa shape index (κ3) is 10.5. The first-order chi connectivity index (χ1) is 47.7. The van der Waals surface area contributed by atoms with Crippen molar-refractivity contribution in [3.8, 4) is 34.2 Å². The second-order valence-corrected chi connectivity index (χ2v) is 31.0. The van der Waals surface area contributed by atoms with Crippen LogP contribution < -0.4 is 9.80 Å². The lowest BCUT2D eigenvalue weighted by Gasteiger charge is -2.54. The van der Waals surface area contributed by atoms with Crippen LogP contribution in [0.3, 0.4) is 0 Å². The average molecular weight is 1330 g/mol. The molecule has 0 N–H and O–H groups in total. The summed E-state index contributed by atoms with van der Waals surface area (Å²) >= 11 is 6.78. The summed E-state index contributed by atoms with van der Waals surface area (Å²) in [4.78, 5) is 62.3. The highest BCUT2D eigenvalue weighted by atomic mass is 35.5. The van der Waals surface area contributed by atoms with E-state index in [9.17, 15) is 4.79 Å². The molecule has 17 heteroatoms. The van der Waals surface area contributed by atoms with E-state index in [1.807, 2.05) is 67.1 Å². The minimum atomic E-state index is -0.428. The van der Waals surface area contributed by atoms with Crippen LogP contribution in [0.4, 0.5) is 11.6 Å². The lowest BCUT2D eigenvalue weighted by Crippen LogP contribution is -2.55. The van der Waals surface area contributed by atoms with Gasteiger partial charge in [0, 0.05) is 148 Å². The van der Waals surface area contributed by atoms with Gasteiger partial charge in [0.2, 0.25) is 0 Å². The zero-order chi connectivity index (χ0) is 66.7. The molecular weight excluding hydrogens is 1240 g/mol. The molecule has 0 bridgehead atoms. The van der Waals surface area contributed by atoms with Crippen LogP contribution in [0.1, 0.15) is 159 Å². The third-order valence-corrected chi connectivity index (χ3v) is 26.0. The van der Waals surface area contributed by atoms with E-state index < -0.39 is 11.6 Å². The first kappa shape index (κ1) is 63.9. The maximum atomic E-state index is 12.6. The minimum Gasteiger partial charge on any atom is -0.356 e. The maximum absolute atomic E-state index is 12.6. The SMILES string of the molecule is C[C@@H]1[C@H]2CCc3c(Cl)nc(-c4ccnc5ccccc45)nc3[C@]2(C)CCC12OCCO2.C[C@@H]1[C@H]2CCc3c(N4CCCC4)nc(-c4ccnc5ccccc45)nc3[C@]2(C)CCC12OCCO2.C[C@H]1C(=O)CC[C@@]2(C)c3nc(-c4ccnc5ccccc45)nc(N4CCCC4)c3CC[C@H]12. The van der Waals surface area contributed by atoms with Crippen molar-refractivity contribution >= 4 is 61.7 Å². The summed E-state index contributed by atoms with van der Waals surface area (Å²) in [6.07, 6.45) is 22.0. The van der Waals surface area contributed by atoms with Gasteiger partial charge in [0.25, 0.3) is 0 Å². The summed E-state index contributed by atoms with van der Waals surface area (Å²) in [5.74, 6) is 6.24. The molecule has 19 rings (SSSR count). The number of halogens is 1. The number of Topliss-reactive ketones (excluding diaryl/α,β-unsaturated/α-hetero) is 1. The molecule has 10 heterocycles. The lowest BCUT2D eigenvalue weighted by atomic mass is 9.55. The van der Waals surface area contributed by atoms with Gasteiger partial charge >= 0.3 is 0 Å². The Morgan fingerprint density at radius 3 is 1.22 bits per heavy atom. The lowest BCUT2D eigenvalue weighted by molar-refractivity contribution is -0.234. The normalized spacial score (nSPS) is 28.7. The van der Waals surface area contributed by atoms with Gasteiger partial charge in [-0.05, 0) is 138 Å². The van der Waals surface area contributed by atoms with E-state index in [4.69, 9.17) is 60.5 Å². The smallest absolute Gasteiger partial charge is 0.171 e. The number of ether oxygens (including phenoxy) is 4. The fourth-order valence-corrected chi connectivity index (χ4v) is 20.6. The van der Waals surface area contributed by atoms with Gasteiger partial charge in [-0.15, -0.1) is 0 Å². The Hall–Kier alpha value is -7.47. The van der Waals surface area contributed by atoms with Crippen molar-refractivity contribution in [2.24, 2.45) is 35.5 Å². The van der Waals surface area contributed by atoms with E-state index in [2.05, 4.69) is 109 Å². The molecule has 3 saturated carbocycles. The predicted molar refractivity (Wildman–Crippen MR) is 383 cm³/mol. The van der Waals surface area contributed by atoms with Crippen LogP contribution in [0.15, 0.2) is 110 Å². The molecule has 98 heavy (non-hydrogen) atoms. The first-order valence-electron chi connectivity index (χ1n) is 36.7. The summed E-state index contributed by atoms with van der Waals surface area (Å²) in [6.45, 7) is 21.0. The number of rotatable bonds is 5. The van der Waals surface area contributed by atoms with Crippen molar-refractivity contribution in [3.63, 3.8) is 0 Å². The van der Waals surface area contributed by atoms with E-state index in [1.54, 1.807) is 0 Å². The third-order valence-electron chi connectivity index (χ3n) is 25.7. The molecule has 7 fully saturated rings. The van der Waals surface area contributed by atoms with Crippen molar-refractivity contribution in [3.05, 3.63) is 149 Å². The first-order valence-corrected chi connectivity index (χ1v) is 37.1. The zero-order valence-electron chi connectivity index (χ0n) is 57.7. The highest BCUT2D eigenvalue weighted by molar-refractivity contribution is 6.30. The number of aromatic nitrogens is 9. The molecular formula is C81H90ClN11O5. The van der Waals surface area contributed by atoms with E-state index in [0.717, 1.165) is 175 Å². The standard InChI is InChI=1S/C29H34N4O2.C27H30N4O.C25H26ClN3O2/c1-19-23-10-9-22-25(28(23,2)12-13-29(19)34-17-18-35-29)31-26(32-27(22)33-15-5-6-16-33)21-11-14-30-24-8-4-3-7-20(21)24;1-17-21-10-9-20-24(27(21,2)13-11-23(17)32)29-25(30-26(20)31-15-5-6-16-31)19-12-14-28-22-8-4-3-7-18(19)22;1-15-19-8-7-18-21(24(19,2)10-11-25(15)30-13-14-31-25)28-23(29-22(18)26)17-9-12-27-20-6-4-3-5-16(17)20/h3-4,7-8,11,14,19,23H,5-6,9-10,12-13,15-18H2,1-2H3;3-4,7-8,12,14,17,21H,5-6,9-11,13,15-16H2,1-2H3;3-6,9,12,15,19H,7-8,10-11,13-14H2,1-2H3/t19-,23-,28-;17-,21-,27-;15-,19-,24-/m111/s1. The average Bonchev–Trinajstić information content (AvgIpc) is 1.04. The fourth-order valence-electron chi connectivity index (χ4n) is 20.3. The van der Waals surface area contributed by atoms with Gasteiger partial charge in [0.15, 0.2) is 29.0 Å². The minimum absolute atomic E-state index is 0.0114. The van der Waals surface area contributed by atoms with Gasteiger partial charge in [-0.3, -0.25) is 19.7 Å². The van der Waals surface area contributed by atoms with Crippen LogP contribution in [-0.2, 0) is 59.2 Å². The fraction of sp³-hybridized carbons (Fsp3) is 0.506. The summed E-state index contributed by atoms with van der Waals surface area (Å²) in [5.41, 5.74) is 13.2. The van der Waals surface area contributed by atoms with Gasteiger partial charge in [0.05, 0.1) is 60.1 Å². The van der Waals surface area contributed by atoms with E-state index in [1.165, 1.54) is 54.0 Å². The number of pyridine rings is 3. The number of hydrogen-bond acceptors (Lipinski definition) is 16. The molecule has 2 spiro atoms. The number of carbonyl (C=O) groups is 1. The van der Waals surface area contributed by atoms with Crippen LogP contribution in [0.25, 0.3) is 66.9 Å². The van der Waals surface area contributed by atoms with Gasteiger partial charge < -0.3 is 28.7 Å². The largest absolute Gasteiger partial charge is 0.356 e. The highest BCUT2D eigenvalue weighted by Crippen LogP contribution is 2.60. The second kappa shape index (κ2) is 25.0. The molecule has 506 valence electrons. The Morgan fingerprint density at radius 2 is 0.796 bits per heavy atom. The van der Waals surface area contributed by atoms with Gasteiger partial charge in [0.1, 0.15) is 22.6 Å². The maximum Gasteiger partial charge on any atom is 0.171 e. The molecule has 4 aliphatic heterocycles. The Labute approximate surface area is 579 Å². The molecule has 3 aromatic carbocycles. The van der Waals surface area contributed by atoms with Gasteiger partial charge in [-0.2, -0.15) is 0 Å². The van der Waals surface area contributed by atoms with Crippen LogP contribution in [-0.4, -0.2) is 115 Å². The molecule has 9 atom stereocenters. The number of nitrogens with zero attached hydrogens (tertiary/aromatic N) is 11. The van der Waals surface area contributed by atoms with Gasteiger partial charge in [-0.1, -0.05) is 108 Å². The van der Waals surface area contributed by atoms with E-state index >= 15 is 0 Å². The Morgan fingerprint density at radius 1 is 0.429 bits per heavy atom. The van der Waals surface area contributed by atoms with Crippen molar-refractivity contribution in [2.45, 2.75) is 172 Å². The summed E-state index contributed by atoms with van der Waals surface area (Å²) < 4.78 is 24.8. The van der Waals surface area contributed by atoms with E-state index in [-0.39, 0.29) is 22.2 Å². The van der Waals surface area contributed by atoms with E-state index in [0.29, 0.717) is 79.2 Å². The molecule has 6 aromatic heterocycles. The van der Waals surface area contributed by atoms with Crippen LogP contribution in [0, 0.1) is 35.5 Å². The number of carbonyl (C=O) groups excluding carboxylic acids is 1. The molecule has 6 aliphatic carbocycles. The number of benzene rings is 3. The van der Waals surface area contributed by atoms with Crippen LogP contribution >= 0.6 is 11.6 Å². The summed E-state index contributed by atoms with van der Waals surface area (Å²) in [6, 6.07) is 30.8. The molecule has 0 amide bonds. The highest BCUT2D eigenvalue weighted by Gasteiger charge is 2.60. The molecule has 0 radical (unpaired) electrons. The van der Waals surface area contributed by atoms with Crippen molar-refractivity contribution in [1.29, 1.82) is 0 Å². The predicted octanol–water partition coefficient (Wildman–Crippen LogP) is 15.7. The van der Waals surface area contributed by atoms with Crippen LogP contribution in [0.2, 0.25) is 5.15 Å². The topological polar surface area (TPSA) is 176 Å². The Balaban J connectivity index is 0.000000111. The molecule has 16 nitrogen and oxygen atoms in total. The van der Waals surface area contributed by atoms with Crippen molar-refractivity contribution in [1.82, 2.24) is 44.9 Å². The zero-order valence-corrected chi connectivity index (χ0v) is 58.4. The molecule has 9 aromatic rings. The molecule has 4 saturated heterocycles. The van der Waals surface area contributed by atoms with Gasteiger partial charge in [-0.25, -0.2) is 29.9 Å². The summed E-state index contributed by atoms with van der Waals surface area (Å²) in [5, 5.41) is 3.83. The number of hydrogen-bond donors (Lipinski definition) is 0. The number of ketones is 1.